The second kappa shape index (κ2) is 4.00. The normalized spacial score (nSPS) is 18.4. The number of hydrogen-bond donors (Lipinski definition) is 1. The van der Waals surface area contributed by atoms with E-state index in [1.54, 1.807) is 6.92 Å². The van der Waals surface area contributed by atoms with Crippen LogP contribution in [-0.4, -0.2) is 23.1 Å². The maximum absolute atomic E-state index is 13.4. The van der Waals surface area contributed by atoms with Crippen molar-refractivity contribution >= 4 is 0 Å². The zero-order valence-corrected chi connectivity index (χ0v) is 8.26. The third-order valence-electron chi connectivity index (χ3n) is 2.62. The highest BCUT2D eigenvalue weighted by Gasteiger charge is 2.20. The number of aromatic nitrogens is 2. The van der Waals surface area contributed by atoms with Crippen molar-refractivity contribution in [1.29, 1.82) is 0 Å². The summed E-state index contributed by atoms with van der Waals surface area (Å²) in [6.07, 6.45) is 3.21. The Morgan fingerprint density at radius 3 is 2.86 bits per heavy atom. The van der Waals surface area contributed by atoms with Crippen molar-refractivity contribution in [1.82, 2.24) is 15.3 Å². The van der Waals surface area contributed by atoms with Crippen LogP contribution in [0.2, 0.25) is 0 Å². The molecule has 1 aromatic rings. The smallest absolute Gasteiger partial charge is 0.163 e. The third kappa shape index (κ3) is 1.90. The van der Waals surface area contributed by atoms with Gasteiger partial charge in [-0.3, -0.25) is 0 Å². The molecule has 14 heavy (non-hydrogen) atoms. The summed E-state index contributed by atoms with van der Waals surface area (Å²) in [5, 5.41) is 3.25. The van der Waals surface area contributed by atoms with E-state index < -0.39 is 0 Å². The lowest BCUT2D eigenvalue weighted by Crippen LogP contribution is -2.27. The van der Waals surface area contributed by atoms with Crippen molar-refractivity contribution in [3.63, 3.8) is 0 Å². The molecule has 0 unspecified atom stereocenters. The summed E-state index contributed by atoms with van der Waals surface area (Å²) in [5.41, 5.74) is 0.596. The first-order valence-electron chi connectivity index (χ1n) is 4.97. The summed E-state index contributed by atoms with van der Waals surface area (Å²) < 4.78 is 13.4. The molecule has 76 valence electrons. The fourth-order valence-corrected chi connectivity index (χ4v) is 1.85. The Kier molecular flexibility index (Phi) is 2.72. The molecule has 3 nitrogen and oxygen atoms in total. The fourth-order valence-electron chi connectivity index (χ4n) is 1.85. The predicted molar refractivity (Wildman–Crippen MR) is 51.6 cm³/mol. The lowest BCUT2D eigenvalue weighted by Gasteiger charge is -2.22. The Bertz CT molecular complexity index is 321. The molecule has 0 bridgehead atoms. The van der Waals surface area contributed by atoms with Crippen molar-refractivity contribution < 1.29 is 4.39 Å². The van der Waals surface area contributed by atoms with E-state index in [9.17, 15) is 4.39 Å². The van der Waals surface area contributed by atoms with Gasteiger partial charge in [0, 0.05) is 5.92 Å². The van der Waals surface area contributed by atoms with Crippen molar-refractivity contribution in [2.45, 2.75) is 25.7 Å². The van der Waals surface area contributed by atoms with Gasteiger partial charge >= 0.3 is 0 Å². The molecule has 1 aromatic heterocycles. The van der Waals surface area contributed by atoms with E-state index in [-0.39, 0.29) is 11.7 Å². The lowest BCUT2D eigenvalue weighted by atomic mass is 9.94. The largest absolute Gasteiger partial charge is 0.317 e. The molecule has 1 saturated heterocycles. The summed E-state index contributed by atoms with van der Waals surface area (Å²) in [5.74, 6) is 0.653. The van der Waals surface area contributed by atoms with Crippen molar-refractivity contribution in [2.24, 2.45) is 0 Å². The second-order valence-corrected chi connectivity index (χ2v) is 3.67. The monoisotopic (exact) mass is 195 g/mol. The highest BCUT2D eigenvalue weighted by Crippen LogP contribution is 2.25. The molecule has 1 N–H and O–H groups in total. The molecule has 0 spiro atoms. The first-order chi connectivity index (χ1) is 6.77. The van der Waals surface area contributed by atoms with Crippen LogP contribution in [0.25, 0.3) is 0 Å². The number of piperidine rings is 1. The number of rotatable bonds is 1. The van der Waals surface area contributed by atoms with Gasteiger partial charge < -0.3 is 5.32 Å². The minimum Gasteiger partial charge on any atom is -0.317 e. The minimum atomic E-state index is -0.262. The van der Waals surface area contributed by atoms with Crippen LogP contribution in [0.5, 0.6) is 0 Å². The summed E-state index contributed by atoms with van der Waals surface area (Å²) in [6.45, 7) is 3.70. The maximum atomic E-state index is 13.4. The van der Waals surface area contributed by atoms with Gasteiger partial charge in [0.1, 0.15) is 5.82 Å². The van der Waals surface area contributed by atoms with E-state index in [1.807, 2.05) is 0 Å². The summed E-state index contributed by atoms with van der Waals surface area (Å²) in [6, 6.07) is 0. The zero-order valence-electron chi connectivity index (χ0n) is 8.26. The molecule has 2 heterocycles. The molecule has 0 aromatic carbocycles. The number of aryl methyl sites for hydroxylation is 1. The zero-order chi connectivity index (χ0) is 9.97. The van der Waals surface area contributed by atoms with Crippen molar-refractivity contribution in [2.75, 3.05) is 13.1 Å². The number of halogens is 1. The molecule has 4 heteroatoms. The first-order valence-corrected chi connectivity index (χ1v) is 4.97. The summed E-state index contributed by atoms with van der Waals surface area (Å²) in [4.78, 5) is 8.01. The van der Waals surface area contributed by atoms with E-state index >= 15 is 0 Å². The summed E-state index contributed by atoms with van der Waals surface area (Å²) >= 11 is 0. The van der Waals surface area contributed by atoms with E-state index in [0.29, 0.717) is 11.5 Å². The summed E-state index contributed by atoms with van der Waals surface area (Å²) in [7, 11) is 0. The third-order valence-corrected chi connectivity index (χ3v) is 2.62. The molecule has 2 rings (SSSR count). The Morgan fingerprint density at radius 1 is 1.43 bits per heavy atom. The highest BCUT2D eigenvalue weighted by molar-refractivity contribution is 5.11. The van der Waals surface area contributed by atoms with E-state index in [2.05, 4.69) is 15.3 Å². The molecule has 1 aliphatic rings. The standard InChI is InChI=1S/C10H14FN3/c1-7-13-6-9(11)10(14-7)8-2-4-12-5-3-8/h6,8,12H,2-5H2,1H3. The maximum Gasteiger partial charge on any atom is 0.163 e. The van der Waals surface area contributed by atoms with E-state index in [0.717, 1.165) is 25.9 Å². The van der Waals surface area contributed by atoms with E-state index in [1.165, 1.54) is 6.20 Å². The number of nitrogens with zero attached hydrogens (tertiary/aromatic N) is 2. The van der Waals surface area contributed by atoms with Gasteiger partial charge in [0.2, 0.25) is 0 Å². The molecule has 0 aliphatic carbocycles. The Balaban J connectivity index is 2.24. The SMILES string of the molecule is Cc1ncc(F)c(C2CCNCC2)n1. The van der Waals surface area contributed by atoms with E-state index in [4.69, 9.17) is 0 Å². The van der Waals surface area contributed by atoms with Gasteiger partial charge in [-0.1, -0.05) is 0 Å². The quantitative estimate of drug-likeness (QED) is 0.736. The van der Waals surface area contributed by atoms with Crippen LogP contribution in [0.15, 0.2) is 6.20 Å². The van der Waals surface area contributed by atoms with Crippen LogP contribution in [0, 0.1) is 12.7 Å². The van der Waals surface area contributed by atoms with Crippen LogP contribution in [0.4, 0.5) is 4.39 Å². The van der Waals surface area contributed by atoms with Crippen molar-refractivity contribution in [3.05, 3.63) is 23.5 Å². The molecular weight excluding hydrogens is 181 g/mol. The molecule has 1 fully saturated rings. The number of hydrogen-bond acceptors (Lipinski definition) is 3. The van der Waals surface area contributed by atoms with Gasteiger partial charge in [0.25, 0.3) is 0 Å². The molecule has 0 atom stereocenters. The van der Waals surface area contributed by atoms with Crippen LogP contribution in [-0.2, 0) is 0 Å². The molecule has 0 saturated carbocycles. The average Bonchev–Trinajstić information content (AvgIpc) is 2.23. The lowest BCUT2D eigenvalue weighted by molar-refractivity contribution is 0.433. The fraction of sp³-hybridized carbons (Fsp3) is 0.600. The highest BCUT2D eigenvalue weighted by atomic mass is 19.1. The van der Waals surface area contributed by atoms with Gasteiger partial charge in [0.05, 0.1) is 11.9 Å². The van der Waals surface area contributed by atoms with Crippen molar-refractivity contribution in [3.8, 4) is 0 Å². The Morgan fingerprint density at radius 2 is 2.14 bits per heavy atom. The van der Waals surface area contributed by atoms with Gasteiger partial charge in [-0.2, -0.15) is 0 Å². The molecule has 0 amide bonds. The molecule has 1 aliphatic heterocycles. The first kappa shape index (κ1) is 9.52. The Labute approximate surface area is 82.8 Å². The molecule has 0 radical (unpaired) electrons. The second-order valence-electron chi connectivity index (χ2n) is 3.67. The topological polar surface area (TPSA) is 37.8 Å². The average molecular weight is 195 g/mol. The van der Waals surface area contributed by atoms with Gasteiger partial charge in [-0.05, 0) is 32.9 Å². The van der Waals surface area contributed by atoms with Crippen LogP contribution in [0.1, 0.15) is 30.3 Å². The minimum absolute atomic E-state index is 0.262. The van der Waals surface area contributed by atoms with Crippen LogP contribution in [0.3, 0.4) is 0 Å². The predicted octanol–water partition coefficient (Wildman–Crippen LogP) is 1.39. The Hall–Kier alpha value is -1.03. The number of nitrogens with one attached hydrogen (secondary N) is 1. The molecular formula is C10H14FN3. The van der Waals surface area contributed by atoms with Gasteiger partial charge in [0.15, 0.2) is 5.82 Å². The van der Waals surface area contributed by atoms with Crippen LogP contribution >= 0.6 is 0 Å². The van der Waals surface area contributed by atoms with Gasteiger partial charge in [-0.15, -0.1) is 0 Å². The van der Waals surface area contributed by atoms with Crippen LogP contribution < -0.4 is 5.32 Å². The van der Waals surface area contributed by atoms with Gasteiger partial charge in [-0.25, -0.2) is 14.4 Å².